The first-order valence-electron chi connectivity index (χ1n) is 5.55. The van der Waals surface area contributed by atoms with Gasteiger partial charge in [-0.15, -0.1) is 0 Å². The molecular formula is C10H15N5O2S. The third kappa shape index (κ3) is 2.95. The first kappa shape index (κ1) is 12.7. The number of hydrogen-bond donors (Lipinski definition) is 2. The van der Waals surface area contributed by atoms with Gasteiger partial charge in [-0.05, 0) is 13.3 Å². The fraction of sp³-hybridized carbons (Fsp3) is 0.500. The van der Waals surface area contributed by atoms with Gasteiger partial charge in [0.25, 0.3) is 0 Å². The van der Waals surface area contributed by atoms with E-state index in [1.165, 1.54) is 10.7 Å². The van der Waals surface area contributed by atoms with Crippen LogP contribution in [0.3, 0.4) is 0 Å². The molecule has 2 N–H and O–H groups in total. The standard InChI is InChI=1S/C10H15N5O2S/c1-7(3-4-18(2)17)12-8-5-9-13-14-10(16)15(9)6-11-8/h5-7,12H,3-4H2,1-2H3,(H,14,16). The van der Waals surface area contributed by atoms with Crippen LogP contribution in [0.25, 0.3) is 5.65 Å². The van der Waals surface area contributed by atoms with E-state index < -0.39 is 10.8 Å². The highest BCUT2D eigenvalue weighted by molar-refractivity contribution is 7.84. The van der Waals surface area contributed by atoms with Gasteiger partial charge in [-0.2, -0.15) is 5.10 Å². The Bertz CT molecular complexity index is 620. The van der Waals surface area contributed by atoms with Gasteiger partial charge < -0.3 is 5.32 Å². The lowest BCUT2D eigenvalue weighted by molar-refractivity contribution is 0.678. The number of anilines is 1. The van der Waals surface area contributed by atoms with Crippen molar-refractivity contribution in [2.45, 2.75) is 19.4 Å². The molecule has 0 aliphatic heterocycles. The third-order valence-corrected chi connectivity index (χ3v) is 3.35. The van der Waals surface area contributed by atoms with Crippen molar-refractivity contribution in [3.63, 3.8) is 0 Å². The van der Waals surface area contributed by atoms with Crippen LogP contribution in [0, 0.1) is 0 Å². The van der Waals surface area contributed by atoms with Crippen LogP contribution in [0.1, 0.15) is 13.3 Å². The zero-order chi connectivity index (χ0) is 13.1. The van der Waals surface area contributed by atoms with Gasteiger partial charge in [0.2, 0.25) is 0 Å². The Labute approximate surface area is 106 Å². The van der Waals surface area contributed by atoms with Crippen molar-refractivity contribution in [3.8, 4) is 0 Å². The summed E-state index contributed by atoms with van der Waals surface area (Å²) < 4.78 is 12.3. The van der Waals surface area contributed by atoms with Crippen LogP contribution >= 0.6 is 0 Å². The van der Waals surface area contributed by atoms with Crippen molar-refractivity contribution in [1.29, 1.82) is 0 Å². The molecule has 0 radical (unpaired) electrons. The van der Waals surface area contributed by atoms with E-state index >= 15 is 0 Å². The Balaban J connectivity index is 2.07. The number of H-pyrrole nitrogens is 1. The second kappa shape index (κ2) is 5.30. The van der Waals surface area contributed by atoms with Gasteiger partial charge in [-0.1, -0.05) is 0 Å². The molecule has 2 atom stereocenters. The van der Waals surface area contributed by atoms with Crippen molar-refractivity contribution in [3.05, 3.63) is 22.9 Å². The van der Waals surface area contributed by atoms with Crippen LogP contribution in [-0.4, -0.2) is 41.8 Å². The summed E-state index contributed by atoms with van der Waals surface area (Å²) in [5.74, 6) is 1.30. The highest BCUT2D eigenvalue weighted by atomic mass is 32.2. The molecule has 2 aromatic heterocycles. The van der Waals surface area contributed by atoms with Crippen LogP contribution in [0.2, 0.25) is 0 Å². The number of aromatic nitrogens is 4. The molecule has 2 aromatic rings. The summed E-state index contributed by atoms with van der Waals surface area (Å²) >= 11 is 0. The highest BCUT2D eigenvalue weighted by Crippen LogP contribution is 2.07. The minimum absolute atomic E-state index is 0.162. The molecule has 2 unspecified atom stereocenters. The molecule has 2 rings (SSSR count). The quantitative estimate of drug-likeness (QED) is 0.796. The monoisotopic (exact) mass is 269 g/mol. The fourth-order valence-corrected chi connectivity index (χ4v) is 2.24. The number of nitrogens with zero attached hydrogens (tertiary/aromatic N) is 3. The van der Waals surface area contributed by atoms with E-state index in [0.717, 1.165) is 6.42 Å². The van der Waals surface area contributed by atoms with Crippen molar-refractivity contribution in [2.75, 3.05) is 17.3 Å². The maximum atomic E-state index is 11.2. The van der Waals surface area contributed by atoms with E-state index in [9.17, 15) is 9.00 Å². The molecule has 0 aliphatic rings. The number of nitrogens with one attached hydrogen (secondary N) is 2. The summed E-state index contributed by atoms with van der Waals surface area (Å²) in [6, 6.07) is 1.85. The van der Waals surface area contributed by atoms with E-state index in [2.05, 4.69) is 20.5 Å². The van der Waals surface area contributed by atoms with Crippen LogP contribution in [0.5, 0.6) is 0 Å². The number of aromatic amines is 1. The molecule has 0 fully saturated rings. The van der Waals surface area contributed by atoms with Gasteiger partial charge in [-0.3, -0.25) is 4.21 Å². The maximum Gasteiger partial charge on any atom is 0.348 e. The molecule has 0 saturated carbocycles. The molecule has 7 nitrogen and oxygen atoms in total. The summed E-state index contributed by atoms with van der Waals surface area (Å²) in [4.78, 5) is 15.4. The molecule has 0 saturated heterocycles. The molecule has 0 amide bonds. The summed E-state index contributed by atoms with van der Waals surface area (Å²) in [6.45, 7) is 2.00. The van der Waals surface area contributed by atoms with Gasteiger partial charge in [-0.25, -0.2) is 19.3 Å². The normalized spacial score (nSPS) is 14.6. The smallest absolute Gasteiger partial charge is 0.348 e. The minimum atomic E-state index is -0.786. The SMILES string of the molecule is CC(CCS(C)=O)Nc1cc2n[nH]c(=O)n2cn1. The summed E-state index contributed by atoms with van der Waals surface area (Å²) in [5.41, 5.74) is 0.210. The zero-order valence-corrected chi connectivity index (χ0v) is 11.0. The van der Waals surface area contributed by atoms with E-state index in [0.29, 0.717) is 17.2 Å². The lowest BCUT2D eigenvalue weighted by Gasteiger charge is -2.13. The van der Waals surface area contributed by atoms with E-state index in [-0.39, 0.29) is 11.7 Å². The average molecular weight is 269 g/mol. The van der Waals surface area contributed by atoms with Gasteiger partial charge in [0.15, 0.2) is 5.65 Å². The number of fused-ring (bicyclic) bond motifs is 1. The van der Waals surface area contributed by atoms with Crippen molar-refractivity contribution >= 4 is 22.3 Å². The summed E-state index contributed by atoms with van der Waals surface area (Å²) in [6.07, 6.45) is 3.91. The largest absolute Gasteiger partial charge is 0.367 e. The Morgan fingerprint density at radius 2 is 2.39 bits per heavy atom. The molecule has 0 aromatic carbocycles. The fourth-order valence-electron chi connectivity index (χ4n) is 1.56. The van der Waals surface area contributed by atoms with Crippen molar-refractivity contribution in [1.82, 2.24) is 19.6 Å². The van der Waals surface area contributed by atoms with Gasteiger partial charge in [0.05, 0.1) is 0 Å². The molecule has 2 heterocycles. The lowest BCUT2D eigenvalue weighted by Crippen LogP contribution is -2.19. The second-order valence-electron chi connectivity index (χ2n) is 4.14. The van der Waals surface area contributed by atoms with Crippen LogP contribution in [-0.2, 0) is 10.8 Å². The molecule has 8 heteroatoms. The topological polar surface area (TPSA) is 92.1 Å². The third-order valence-electron chi connectivity index (χ3n) is 2.54. The summed E-state index contributed by atoms with van der Waals surface area (Å²) in [5, 5.41) is 9.39. The molecule has 98 valence electrons. The predicted octanol–water partition coefficient (Wildman–Crippen LogP) is -0.0134. The van der Waals surface area contributed by atoms with Crippen molar-refractivity contribution < 1.29 is 4.21 Å². The van der Waals surface area contributed by atoms with E-state index in [1.807, 2.05) is 6.92 Å². The van der Waals surface area contributed by atoms with Gasteiger partial charge >= 0.3 is 5.69 Å². The lowest BCUT2D eigenvalue weighted by atomic mass is 10.2. The number of hydrogen-bond acceptors (Lipinski definition) is 5. The Morgan fingerprint density at radius 3 is 3.11 bits per heavy atom. The van der Waals surface area contributed by atoms with E-state index in [1.54, 1.807) is 12.3 Å². The maximum absolute atomic E-state index is 11.2. The molecular weight excluding hydrogens is 254 g/mol. The van der Waals surface area contributed by atoms with Gasteiger partial charge in [0, 0.05) is 34.9 Å². The molecule has 0 aliphatic carbocycles. The Morgan fingerprint density at radius 1 is 1.61 bits per heavy atom. The molecule has 0 bridgehead atoms. The Hall–Kier alpha value is -1.70. The first-order valence-corrected chi connectivity index (χ1v) is 7.28. The van der Waals surface area contributed by atoms with Crippen LogP contribution in [0.4, 0.5) is 5.82 Å². The highest BCUT2D eigenvalue weighted by Gasteiger charge is 2.06. The van der Waals surface area contributed by atoms with Gasteiger partial charge in [0.1, 0.15) is 12.1 Å². The van der Waals surface area contributed by atoms with Crippen molar-refractivity contribution in [2.24, 2.45) is 0 Å². The first-order chi connectivity index (χ1) is 8.56. The molecule has 0 spiro atoms. The zero-order valence-electron chi connectivity index (χ0n) is 10.2. The second-order valence-corrected chi connectivity index (χ2v) is 5.70. The number of rotatable bonds is 5. The van der Waals surface area contributed by atoms with Crippen LogP contribution in [0.15, 0.2) is 17.2 Å². The van der Waals surface area contributed by atoms with Crippen LogP contribution < -0.4 is 11.0 Å². The van der Waals surface area contributed by atoms with E-state index in [4.69, 9.17) is 0 Å². The minimum Gasteiger partial charge on any atom is -0.367 e. The average Bonchev–Trinajstić information content (AvgIpc) is 2.68. The Kier molecular flexibility index (Phi) is 3.75. The summed E-state index contributed by atoms with van der Waals surface area (Å²) in [7, 11) is -0.786. The molecule has 18 heavy (non-hydrogen) atoms. The predicted molar refractivity (Wildman–Crippen MR) is 70.2 cm³/mol.